The minimum Gasteiger partial charge on any atom is -0.390 e. The van der Waals surface area contributed by atoms with Gasteiger partial charge >= 0.3 is 0 Å². The minimum atomic E-state index is -3.47. The molecule has 1 aromatic rings. The third kappa shape index (κ3) is 4.72. The van der Waals surface area contributed by atoms with Gasteiger partial charge in [-0.25, -0.2) is 8.42 Å². The quantitative estimate of drug-likeness (QED) is 0.781. The average molecular weight is 366 g/mol. The van der Waals surface area contributed by atoms with E-state index in [1.165, 1.54) is 0 Å². The van der Waals surface area contributed by atoms with Crippen LogP contribution in [0, 0.1) is 18.3 Å². The van der Waals surface area contributed by atoms with Crippen molar-refractivity contribution in [3.8, 4) is 0 Å². The zero-order valence-electron chi connectivity index (χ0n) is 16.0. The maximum atomic E-state index is 13.0. The highest BCUT2D eigenvalue weighted by Gasteiger charge is 2.44. The van der Waals surface area contributed by atoms with Crippen LogP contribution in [0.2, 0.25) is 0 Å². The first-order valence-corrected chi connectivity index (χ1v) is 10.4. The number of aryl methyl sites for hydroxylation is 1. The van der Waals surface area contributed by atoms with Gasteiger partial charge in [-0.05, 0) is 57.1 Å². The van der Waals surface area contributed by atoms with Crippen molar-refractivity contribution in [1.82, 2.24) is 4.31 Å². The van der Waals surface area contributed by atoms with Crippen LogP contribution in [0.25, 0.3) is 0 Å². The Hall–Kier alpha value is -1.17. The topological polar surface area (TPSA) is 57.6 Å². The second kappa shape index (κ2) is 7.22. The summed E-state index contributed by atoms with van der Waals surface area (Å²) in [6.07, 6.45) is 5.55. The Bertz CT molecular complexity index is 716. The van der Waals surface area contributed by atoms with Gasteiger partial charge in [-0.3, -0.25) is 0 Å². The van der Waals surface area contributed by atoms with Crippen molar-refractivity contribution >= 4 is 10.0 Å². The van der Waals surface area contributed by atoms with Crippen LogP contribution in [-0.2, 0) is 10.0 Å². The van der Waals surface area contributed by atoms with Crippen LogP contribution in [0.4, 0.5) is 0 Å². The second-order valence-corrected chi connectivity index (χ2v) is 10.1. The van der Waals surface area contributed by atoms with Crippen LogP contribution in [-0.4, -0.2) is 36.5 Å². The number of sulfonamides is 1. The molecule has 1 fully saturated rings. The van der Waals surface area contributed by atoms with E-state index in [9.17, 15) is 13.5 Å². The highest BCUT2D eigenvalue weighted by molar-refractivity contribution is 7.89. The van der Waals surface area contributed by atoms with E-state index in [1.807, 2.05) is 25.1 Å². The van der Waals surface area contributed by atoms with E-state index < -0.39 is 15.6 Å². The first-order chi connectivity index (χ1) is 11.5. The summed E-state index contributed by atoms with van der Waals surface area (Å²) < 4.78 is 27.6. The standard InChI is InChI=1S/C20H31NO3S/c1-6-20(5)15-21(14-17(20)8-7-13-19(3,4)22)25(23,24)18-11-9-16(2)10-12-18/h7-12,17,22H,6,13-15H2,1-5H3/b8-7+/t17-,20+/m1/s1. The molecule has 1 aliphatic heterocycles. The van der Waals surface area contributed by atoms with Crippen LogP contribution in [0.15, 0.2) is 41.3 Å². The van der Waals surface area contributed by atoms with Gasteiger partial charge in [0.25, 0.3) is 0 Å². The van der Waals surface area contributed by atoms with Gasteiger partial charge in [0, 0.05) is 13.1 Å². The molecule has 1 aliphatic rings. The molecule has 0 aliphatic carbocycles. The van der Waals surface area contributed by atoms with Gasteiger partial charge in [-0.15, -0.1) is 0 Å². The first-order valence-electron chi connectivity index (χ1n) is 8.94. The summed E-state index contributed by atoms with van der Waals surface area (Å²) in [5.74, 6) is 0.153. The predicted octanol–water partition coefficient (Wildman–Crippen LogP) is 3.75. The minimum absolute atomic E-state index is 0.0894. The van der Waals surface area contributed by atoms with Crippen LogP contribution >= 0.6 is 0 Å². The molecule has 2 rings (SSSR count). The normalized spacial score (nSPS) is 25.8. The van der Waals surface area contributed by atoms with Gasteiger partial charge in [0.15, 0.2) is 0 Å². The van der Waals surface area contributed by atoms with Crippen molar-refractivity contribution < 1.29 is 13.5 Å². The molecule has 1 heterocycles. The molecule has 0 bridgehead atoms. The van der Waals surface area contributed by atoms with Gasteiger partial charge in [-0.2, -0.15) is 4.31 Å². The van der Waals surface area contributed by atoms with Gasteiger partial charge in [0.2, 0.25) is 10.0 Å². The number of hydrogen-bond acceptors (Lipinski definition) is 3. The van der Waals surface area contributed by atoms with Crippen molar-refractivity contribution in [2.75, 3.05) is 13.1 Å². The molecule has 5 heteroatoms. The zero-order valence-corrected chi connectivity index (χ0v) is 16.8. The van der Waals surface area contributed by atoms with E-state index in [-0.39, 0.29) is 11.3 Å². The fourth-order valence-electron chi connectivity index (χ4n) is 3.25. The number of rotatable bonds is 6. The third-order valence-electron chi connectivity index (χ3n) is 5.29. The molecule has 0 spiro atoms. The molecule has 4 nitrogen and oxygen atoms in total. The lowest BCUT2D eigenvalue weighted by Gasteiger charge is -2.27. The maximum Gasteiger partial charge on any atom is 0.243 e. The summed E-state index contributed by atoms with van der Waals surface area (Å²) in [6.45, 7) is 10.8. The fourth-order valence-corrected chi connectivity index (χ4v) is 4.85. The second-order valence-electron chi connectivity index (χ2n) is 8.17. The summed E-state index contributed by atoms with van der Waals surface area (Å²) >= 11 is 0. The number of aliphatic hydroxyl groups is 1. The highest BCUT2D eigenvalue weighted by atomic mass is 32.2. The first kappa shape index (κ1) is 20.1. The Labute approximate surface area is 152 Å². The van der Waals surface area contributed by atoms with Gasteiger partial charge < -0.3 is 5.11 Å². The fraction of sp³-hybridized carbons (Fsp3) is 0.600. The van der Waals surface area contributed by atoms with Crippen LogP contribution in [0.3, 0.4) is 0 Å². The van der Waals surface area contributed by atoms with Crippen LogP contribution in [0.5, 0.6) is 0 Å². The molecule has 0 saturated carbocycles. The maximum absolute atomic E-state index is 13.0. The molecule has 140 valence electrons. The Kier molecular flexibility index (Phi) is 5.81. The molecule has 2 atom stereocenters. The average Bonchev–Trinajstić information content (AvgIpc) is 2.85. The molecule has 25 heavy (non-hydrogen) atoms. The largest absolute Gasteiger partial charge is 0.390 e. The SMILES string of the molecule is CC[C@@]1(C)CN(S(=O)(=O)c2ccc(C)cc2)C[C@H]1/C=C/CC(C)(C)O. The van der Waals surface area contributed by atoms with Crippen LogP contribution in [0.1, 0.15) is 46.1 Å². The Balaban J connectivity index is 2.23. The highest BCUT2D eigenvalue weighted by Crippen LogP contribution is 2.41. The third-order valence-corrected chi connectivity index (χ3v) is 7.11. The van der Waals surface area contributed by atoms with E-state index >= 15 is 0 Å². The molecule has 0 unspecified atom stereocenters. The van der Waals surface area contributed by atoms with Crippen molar-refractivity contribution in [2.45, 2.75) is 58.0 Å². The van der Waals surface area contributed by atoms with Crippen molar-refractivity contribution in [3.63, 3.8) is 0 Å². The monoisotopic (exact) mass is 365 g/mol. The molecular formula is C20H31NO3S. The smallest absolute Gasteiger partial charge is 0.243 e. The summed E-state index contributed by atoms with van der Waals surface area (Å²) in [5.41, 5.74) is 0.213. The van der Waals surface area contributed by atoms with Gasteiger partial charge in [0.05, 0.1) is 10.5 Å². The lowest BCUT2D eigenvalue weighted by molar-refractivity contribution is 0.0836. The molecular weight excluding hydrogens is 334 g/mol. The van der Waals surface area contributed by atoms with Crippen molar-refractivity contribution in [1.29, 1.82) is 0 Å². The lowest BCUT2D eigenvalue weighted by Crippen LogP contribution is -2.31. The molecule has 0 aromatic heterocycles. The summed E-state index contributed by atoms with van der Waals surface area (Å²) in [6, 6.07) is 7.04. The van der Waals surface area contributed by atoms with E-state index in [1.54, 1.807) is 30.3 Å². The van der Waals surface area contributed by atoms with Gasteiger partial charge in [0.1, 0.15) is 0 Å². The summed E-state index contributed by atoms with van der Waals surface area (Å²) in [5, 5.41) is 9.87. The molecule has 0 amide bonds. The predicted molar refractivity (Wildman–Crippen MR) is 102 cm³/mol. The van der Waals surface area contributed by atoms with Gasteiger partial charge in [-0.1, -0.05) is 43.7 Å². The van der Waals surface area contributed by atoms with E-state index in [0.717, 1.165) is 12.0 Å². The Morgan fingerprint density at radius 2 is 1.92 bits per heavy atom. The molecule has 1 aromatic carbocycles. The zero-order chi connectivity index (χ0) is 18.9. The number of nitrogens with zero attached hydrogens (tertiary/aromatic N) is 1. The van der Waals surface area contributed by atoms with E-state index in [2.05, 4.69) is 19.9 Å². The number of hydrogen-bond donors (Lipinski definition) is 1. The van der Waals surface area contributed by atoms with Crippen LogP contribution < -0.4 is 0 Å². The molecule has 1 saturated heterocycles. The molecule has 0 radical (unpaired) electrons. The Morgan fingerprint density at radius 3 is 2.44 bits per heavy atom. The molecule has 1 N–H and O–H groups in total. The van der Waals surface area contributed by atoms with Crippen molar-refractivity contribution in [2.24, 2.45) is 11.3 Å². The lowest BCUT2D eigenvalue weighted by atomic mass is 9.77. The summed E-state index contributed by atoms with van der Waals surface area (Å²) in [4.78, 5) is 0.359. The van der Waals surface area contributed by atoms with Crippen molar-refractivity contribution in [3.05, 3.63) is 42.0 Å². The van der Waals surface area contributed by atoms with E-state index in [4.69, 9.17) is 0 Å². The number of benzene rings is 1. The Morgan fingerprint density at radius 1 is 1.32 bits per heavy atom. The van der Waals surface area contributed by atoms with E-state index in [0.29, 0.717) is 24.4 Å². The summed E-state index contributed by atoms with van der Waals surface area (Å²) in [7, 11) is -3.47.